The van der Waals surface area contributed by atoms with Crippen LogP contribution in [0.2, 0.25) is 0 Å². The van der Waals surface area contributed by atoms with Crippen LogP contribution >= 0.6 is 0 Å². The lowest BCUT2D eigenvalue weighted by Gasteiger charge is -2.15. The van der Waals surface area contributed by atoms with E-state index in [0.717, 1.165) is 18.9 Å². The number of Topliss-reactive ketones (excluding diaryl/α,β-unsaturated/α-hetero) is 1. The van der Waals surface area contributed by atoms with Crippen LogP contribution in [-0.4, -0.2) is 27.5 Å². The molecule has 0 radical (unpaired) electrons. The second kappa shape index (κ2) is 5.53. The number of hydrogen-bond acceptors (Lipinski definition) is 4. The number of nitrogens with zero attached hydrogens (tertiary/aromatic N) is 2. The summed E-state index contributed by atoms with van der Waals surface area (Å²) in [6, 6.07) is 3.55. The summed E-state index contributed by atoms with van der Waals surface area (Å²) in [5, 5.41) is 8.78. The van der Waals surface area contributed by atoms with Crippen LogP contribution in [-0.2, 0) is 11.8 Å². The summed E-state index contributed by atoms with van der Waals surface area (Å²) in [5.41, 5.74) is 0.530. The summed E-state index contributed by atoms with van der Waals surface area (Å²) in [6.45, 7) is -0.588. The summed E-state index contributed by atoms with van der Waals surface area (Å²) in [6.07, 6.45) is 4.82. The molecule has 1 aromatic heterocycles. The van der Waals surface area contributed by atoms with E-state index in [9.17, 15) is 13.6 Å². The van der Waals surface area contributed by atoms with Crippen molar-refractivity contribution in [2.75, 3.05) is 6.61 Å². The summed E-state index contributed by atoms with van der Waals surface area (Å²) >= 11 is 0. The lowest BCUT2D eigenvalue weighted by Crippen LogP contribution is -2.14. The van der Waals surface area contributed by atoms with Gasteiger partial charge in [-0.15, -0.1) is 0 Å². The van der Waals surface area contributed by atoms with Gasteiger partial charge in [-0.3, -0.25) is 4.79 Å². The smallest absolute Gasteiger partial charge is 0.191 e. The molecule has 22 heavy (non-hydrogen) atoms. The quantitative estimate of drug-likeness (QED) is 0.860. The van der Waals surface area contributed by atoms with Crippen LogP contribution in [0.25, 0.3) is 0 Å². The van der Waals surface area contributed by atoms with Crippen LogP contribution < -0.4 is 0 Å². The van der Waals surface area contributed by atoms with E-state index < -0.39 is 24.0 Å². The third-order valence-corrected chi connectivity index (χ3v) is 4.00. The van der Waals surface area contributed by atoms with Crippen LogP contribution in [0.5, 0.6) is 0 Å². The minimum absolute atomic E-state index is 0.243. The van der Waals surface area contributed by atoms with Crippen molar-refractivity contribution in [2.24, 2.45) is 0 Å². The van der Waals surface area contributed by atoms with Crippen molar-refractivity contribution in [1.82, 2.24) is 9.97 Å². The summed E-state index contributed by atoms with van der Waals surface area (Å²) in [4.78, 5) is 19.5. The standard InChI is InChI=1S/C16H14F2N2O2/c17-12-3-11(4-13(18)5-12)16(1-2-16)6-15-19-7-10(8-20-15)14(22)9-21/h3-5,7-8,21H,1-2,6,9H2. The van der Waals surface area contributed by atoms with Crippen molar-refractivity contribution >= 4 is 5.78 Å². The molecule has 0 amide bonds. The Morgan fingerprint density at radius 2 is 1.73 bits per heavy atom. The molecule has 2 aromatic rings. The van der Waals surface area contributed by atoms with E-state index >= 15 is 0 Å². The lowest BCUT2D eigenvalue weighted by atomic mass is 9.92. The van der Waals surface area contributed by atoms with E-state index in [4.69, 9.17) is 5.11 Å². The number of aliphatic hydroxyl groups excluding tert-OH is 1. The molecular weight excluding hydrogens is 290 g/mol. The average Bonchev–Trinajstić information content (AvgIpc) is 3.27. The molecule has 1 N–H and O–H groups in total. The average molecular weight is 304 g/mol. The zero-order chi connectivity index (χ0) is 15.7. The highest BCUT2D eigenvalue weighted by Gasteiger charge is 2.45. The van der Waals surface area contributed by atoms with Gasteiger partial charge in [0.25, 0.3) is 0 Å². The van der Waals surface area contributed by atoms with Gasteiger partial charge in [0.2, 0.25) is 0 Å². The van der Waals surface area contributed by atoms with Gasteiger partial charge in [-0.2, -0.15) is 0 Å². The van der Waals surface area contributed by atoms with Gasteiger partial charge in [-0.05, 0) is 30.5 Å². The van der Waals surface area contributed by atoms with Crippen molar-refractivity contribution in [3.05, 3.63) is 59.2 Å². The highest BCUT2D eigenvalue weighted by Crippen LogP contribution is 2.50. The molecular formula is C16H14F2N2O2. The fraction of sp³-hybridized carbons (Fsp3) is 0.312. The summed E-state index contributed by atoms with van der Waals surface area (Å²) in [7, 11) is 0. The van der Waals surface area contributed by atoms with Crippen molar-refractivity contribution in [2.45, 2.75) is 24.7 Å². The third kappa shape index (κ3) is 2.87. The highest BCUT2D eigenvalue weighted by atomic mass is 19.1. The van der Waals surface area contributed by atoms with Gasteiger partial charge in [0.05, 0.1) is 5.56 Å². The maximum atomic E-state index is 13.4. The molecule has 0 atom stereocenters. The molecule has 0 saturated heterocycles. The predicted molar refractivity (Wildman–Crippen MR) is 74.4 cm³/mol. The SMILES string of the molecule is O=C(CO)c1cnc(CC2(c3cc(F)cc(F)c3)CC2)nc1. The number of hydrogen-bond donors (Lipinski definition) is 1. The Morgan fingerprint density at radius 1 is 1.14 bits per heavy atom. The molecule has 1 heterocycles. The molecule has 0 unspecified atom stereocenters. The number of aliphatic hydroxyl groups is 1. The van der Waals surface area contributed by atoms with E-state index in [2.05, 4.69) is 9.97 Å². The van der Waals surface area contributed by atoms with Crippen molar-refractivity contribution in [3.63, 3.8) is 0 Å². The molecule has 0 bridgehead atoms. The third-order valence-electron chi connectivity index (χ3n) is 4.00. The van der Waals surface area contributed by atoms with Crippen molar-refractivity contribution in [3.8, 4) is 0 Å². The minimum Gasteiger partial charge on any atom is -0.388 e. The summed E-state index contributed by atoms with van der Waals surface area (Å²) in [5.74, 6) is -1.12. The van der Waals surface area contributed by atoms with Crippen LogP contribution in [0, 0.1) is 11.6 Å². The van der Waals surface area contributed by atoms with Crippen LogP contribution in [0.15, 0.2) is 30.6 Å². The Balaban J connectivity index is 1.81. The first-order valence-electron chi connectivity index (χ1n) is 6.94. The molecule has 1 saturated carbocycles. The Kier molecular flexibility index (Phi) is 3.70. The zero-order valence-electron chi connectivity index (χ0n) is 11.7. The second-order valence-electron chi connectivity index (χ2n) is 5.58. The Morgan fingerprint density at radius 3 is 2.23 bits per heavy atom. The Hall–Kier alpha value is -2.21. The number of carbonyl (C=O) groups is 1. The maximum absolute atomic E-state index is 13.4. The van der Waals surface area contributed by atoms with E-state index in [0.29, 0.717) is 17.8 Å². The first-order valence-corrected chi connectivity index (χ1v) is 6.94. The number of ketones is 1. The van der Waals surface area contributed by atoms with Gasteiger partial charge < -0.3 is 5.11 Å². The van der Waals surface area contributed by atoms with E-state index in [1.165, 1.54) is 24.5 Å². The topological polar surface area (TPSA) is 63.1 Å². The molecule has 3 rings (SSSR count). The van der Waals surface area contributed by atoms with E-state index in [1.54, 1.807) is 0 Å². The molecule has 0 aliphatic heterocycles. The van der Waals surface area contributed by atoms with Crippen LogP contribution in [0.1, 0.15) is 34.6 Å². The van der Waals surface area contributed by atoms with Gasteiger partial charge >= 0.3 is 0 Å². The molecule has 1 aliphatic rings. The number of rotatable bonds is 5. The van der Waals surface area contributed by atoms with Gasteiger partial charge in [0.1, 0.15) is 24.1 Å². The second-order valence-corrected chi connectivity index (χ2v) is 5.58. The minimum atomic E-state index is -0.592. The number of benzene rings is 1. The Bertz CT molecular complexity index is 692. The van der Waals surface area contributed by atoms with Gasteiger partial charge in [0, 0.05) is 30.3 Å². The molecule has 6 heteroatoms. The van der Waals surface area contributed by atoms with Crippen molar-refractivity contribution in [1.29, 1.82) is 0 Å². The number of halogens is 2. The number of carbonyl (C=O) groups excluding carboxylic acids is 1. The molecule has 1 fully saturated rings. The zero-order valence-corrected chi connectivity index (χ0v) is 11.7. The Labute approximate surface area is 125 Å². The van der Waals surface area contributed by atoms with E-state index in [-0.39, 0.29) is 11.0 Å². The highest BCUT2D eigenvalue weighted by molar-refractivity contribution is 5.96. The van der Waals surface area contributed by atoms with Gasteiger partial charge in [-0.1, -0.05) is 0 Å². The van der Waals surface area contributed by atoms with Gasteiger partial charge in [0.15, 0.2) is 5.78 Å². The van der Waals surface area contributed by atoms with Crippen LogP contribution in [0.3, 0.4) is 0 Å². The maximum Gasteiger partial charge on any atom is 0.191 e. The van der Waals surface area contributed by atoms with E-state index in [1.807, 2.05) is 0 Å². The molecule has 0 spiro atoms. The molecule has 4 nitrogen and oxygen atoms in total. The fourth-order valence-electron chi connectivity index (χ4n) is 2.56. The lowest BCUT2D eigenvalue weighted by molar-refractivity contribution is 0.0903. The van der Waals surface area contributed by atoms with Crippen molar-refractivity contribution < 1.29 is 18.7 Å². The normalized spacial score (nSPS) is 15.6. The monoisotopic (exact) mass is 304 g/mol. The first-order chi connectivity index (χ1) is 10.5. The summed E-state index contributed by atoms with van der Waals surface area (Å²) < 4.78 is 26.7. The fourth-order valence-corrected chi connectivity index (χ4v) is 2.56. The molecule has 1 aromatic carbocycles. The predicted octanol–water partition coefficient (Wildman–Crippen LogP) is 2.20. The molecule has 114 valence electrons. The number of aromatic nitrogens is 2. The largest absolute Gasteiger partial charge is 0.388 e. The molecule has 1 aliphatic carbocycles. The first kappa shape index (κ1) is 14.7. The van der Waals surface area contributed by atoms with Crippen LogP contribution in [0.4, 0.5) is 8.78 Å². The van der Waals surface area contributed by atoms with Gasteiger partial charge in [-0.25, -0.2) is 18.7 Å².